The van der Waals surface area contributed by atoms with Crippen LogP contribution in [0.4, 0.5) is 0 Å². The van der Waals surface area contributed by atoms with E-state index in [1.165, 1.54) is 12.7 Å². The van der Waals surface area contributed by atoms with Crippen molar-refractivity contribution in [2.75, 3.05) is 7.11 Å². The van der Waals surface area contributed by atoms with Gasteiger partial charge in [0.15, 0.2) is 0 Å². The van der Waals surface area contributed by atoms with Gasteiger partial charge in [-0.1, -0.05) is 42.0 Å². The molecule has 0 saturated heterocycles. The molecule has 1 aromatic heterocycles. The molecule has 0 unspecified atom stereocenters. The summed E-state index contributed by atoms with van der Waals surface area (Å²) in [5, 5.41) is 0. The van der Waals surface area contributed by atoms with Crippen LogP contribution in [0.5, 0.6) is 0 Å². The summed E-state index contributed by atoms with van der Waals surface area (Å²) in [4.78, 5) is 16.3. The lowest BCUT2D eigenvalue weighted by atomic mass is 10.1. The van der Waals surface area contributed by atoms with Gasteiger partial charge in [-0.2, -0.15) is 0 Å². The number of para-hydroxylation sites is 2. The van der Waals surface area contributed by atoms with Gasteiger partial charge in [-0.05, 0) is 24.6 Å². The Hall–Kier alpha value is -2.62. The molecule has 0 saturated carbocycles. The van der Waals surface area contributed by atoms with E-state index in [-0.39, 0.29) is 0 Å². The molecule has 0 amide bonds. The van der Waals surface area contributed by atoms with Crippen molar-refractivity contribution < 1.29 is 9.53 Å². The van der Waals surface area contributed by atoms with E-state index >= 15 is 0 Å². The number of ether oxygens (including phenoxy) is 1. The van der Waals surface area contributed by atoms with E-state index in [1.54, 1.807) is 0 Å². The topological polar surface area (TPSA) is 44.1 Å². The third-order valence-corrected chi connectivity index (χ3v) is 3.48. The van der Waals surface area contributed by atoms with Crippen LogP contribution in [0.15, 0.2) is 48.5 Å². The van der Waals surface area contributed by atoms with E-state index in [0.29, 0.717) is 12.4 Å². The molecule has 0 N–H and O–H groups in total. The van der Waals surface area contributed by atoms with Gasteiger partial charge >= 0.3 is 5.97 Å². The highest BCUT2D eigenvalue weighted by atomic mass is 16.5. The van der Waals surface area contributed by atoms with Crippen LogP contribution in [0, 0.1) is 6.92 Å². The Morgan fingerprint density at radius 2 is 1.86 bits per heavy atom. The zero-order valence-corrected chi connectivity index (χ0v) is 12.0. The molecular weight excluding hydrogens is 264 g/mol. The second-order valence-electron chi connectivity index (χ2n) is 4.99. The second-order valence-corrected chi connectivity index (χ2v) is 4.99. The first-order valence-corrected chi connectivity index (χ1v) is 6.78. The summed E-state index contributed by atoms with van der Waals surface area (Å²) in [6.45, 7) is 2.64. The fourth-order valence-corrected chi connectivity index (χ4v) is 2.36. The van der Waals surface area contributed by atoms with Crippen LogP contribution in [0.3, 0.4) is 0 Å². The Kier molecular flexibility index (Phi) is 3.44. The third kappa shape index (κ3) is 2.52. The summed E-state index contributed by atoms with van der Waals surface area (Å²) in [5.41, 5.74) is 4.06. The number of benzene rings is 2. The van der Waals surface area contributed by atoms with E-state index in [2.05, 4.69) is 36.2 Å². The molecule has 0 radical (unpaired) electrons. The van der Waals surface area contributed by atoms with Crippen LogP contribution in [0.25, 0.3) is 11.0 Å². The van der Waals surface area contributed by atoms with Crippen LogP contribution in [-0.2, 0) is 11.3 Å². The number of rotatable bonds is 3. The number of nitrogens with zero attached hydrogens (tertiary/aromatic N) is 2. The van der Waals surface area contributed by atoms with Gasteiger partial charge in [0.25, 0.3) is 0 Å². The lowest BCUT2D eigenvalue weighted by Crippen LogP contribution is -2.12. The molecule has 106 valence electrons. The molecule has 4 nitrogen and oxygen atoms in total. The number of hydrogen-bond acceptors (Lipinski definition) is 3. The third-order valence-electron chi connectivity index (χ3n) is 3.48. The highest BCUT2D eigenvalue weighted by molar-refractivity contribution is 5.91. The Bertz CT molecular complexity index is 788. The molecule has 0 fully saturated rings. The Morgan fingerprint density at radius 1 is 1.14 bits per heavy atom. The first-order valence-electron chi connectivity index (χ1n) is 6.78. The predicted molar refractivity (Wildman–Crippen MR) is 81.4 cm³/mol. The quantitative estimate of drug-likeness (QED) is 0.692. The highest BCUT2D eigenvalue weighted by Crippen LogP contribution is 2.18. The largest absolute Gasteiger partial charge is 0.463 e. The van der Waals surface area contributed by atoms with Crippen LogP contribution >= 0.6 is 0 Å². The first kappa shape index (κ1) is 13.4. The van der Waals surface area contributed by atoms with Gasteiger partial charge < -0.3 is 9.30 Å². The number of esters is 1. The zero-order chi connectivity index (χ0) is 14.8. The van der Waals surface area contributed by atoms with Gasteiger partial charge in [0.1, 0.15) is 0 Å². The van der Waals surface area contributed by atoms with Crippen LogP contribution in [0.2, 0.25) is 0 Å². The summed E-state index contributed by atoms with van der Waals surface area (Å²) < 4.78 is 6.74. The average Bonchev–Trinajstić information content (AvgIpc) is 2.88. The van der Waals surface area contributed by atoms with Gasteiger partial charge in [-0.25, -0.2) is 9.78 Å². The van der Waals surface area contributed by atoms with Crippen molar-refractivity contribution in [1.82, 2.24) is 9.55 Å². The van der Waals surface area contributed by atoms with Crippen molar-refractivity contribution in [2.45, 2.75) is 13.5 Å². The fraction of sp³-hybridized carbons (Fsp3) is 0.176. The highest BCUT2D eigenvalue weighted by Gasteiger charge is 2.17. The van der Waals surface area contributed by atoms with Crippen molar-refractivity contribution in [3.8, 4) is 0 Å². The molecule has 2 aromatic carbocycles. The SMILES string of the molecule is COC(=O)c1nc2ccccc2n1Cc1ccc(C)cc1. The van der Waals surface area contributed by atoms with E-state index in [9.17, 15) is 4.79 Å². The molecule has 4 heteroatoms. The minimum Gasteiger partial charge on any atom is -0.463 e. The summed E-state index contributed by atoms with van der Waals surface area (Å²) in [5.74, 6) is -0.0856. The Morgan fingerprint density at radius 3 is 2.57 bits per heavy atom. The van der Waals surface area contributed by atoms with Crippen molar-refractivity contribution >= 4 is 17.0 Å². The van der Waals surface area contributed by atoms with Crippen molar-refractivity contribution in [3.63, 3.8) is 0 Å². The number of carbonyl (C=O) groups is 1. The molecule has 0 bridgehead atoms. The molecule has 21 heavy (non-hydrogen) atoms. The molecule has 0 atom stereocenters. The number of hydrogen-bond donors (Lipinski definition) is 0. The fourth-order valence-electron chi connectivity index (χ4n) is 2.36. The molecular formula is C17H16N2O2. The molecule has 3 aromatic rings. The van der Waals surface area contributed by atoms with E-state index in [0.717, 1.165) is 16.6 Å². The van der Waals surface area contributed by atoms with Gasteiger partial charge in [0, 0.05) is 6.54 Å². The van der Waals surface area contributed by atoms with Gasteiger partial charge in [-0.3, -0.25) is 0 Å². The first-order chi connectivity index (χ1) is 10.2. The molecule has 0 aliphatic heterocycles. The summed E-state index contributed by atoms with van der Waals surface area (Å²) >= 11 is 0. The van der Waals surface area contributed by atoms with E-state index in [4.69, 9.17) is 4.74 Å². The molecule has 0 aliphatic rings. The number of aryl methyl sites for hydroxylation is 1. The molecule has 3 rings (SSSR count). The second kappa shape index (κ2) is 5.40. The Balaban J connectivity index is 2.10. The van der Waals surface area contributed by atoms with Gasteiger partial charge in [0.2, 0.25) is 5.82 Å². The number of methoxy groups -OCH3 is 1. The minimum absolute atomic E-state index is 0.333. The van der Waals surface area contributed by atoms with E-state index < -0.39 is 5.97 Å². The maximum atomic E-state index is 11.9. The van der Waals surface area contributed by atoms with Crippen molar-refractivity contribution in [2.24, 2.45) is 0 Å². The van der Waals surface area contributed by atoms with Crippen molar-refractivity contribution in [1.29, 1.82) is 0 Å². The zero-order valence-electron chi connectivity index (χ0n) is 12.0. The number of imidazole rings is 1. The van der Waals surface area contributed by atoms with Crippen LogP contribution < -0.4 is 0 Å². The summed E-state index contributed by atoms with van der Waals surface area (Å²) in [6.07, 6.45) is 0. The maximum Gasteiger partial charge on any atom is 0.374 e. The average molecular weight is 280 g/mol. The number of carbonyl (C=O) groups excluding carboxylic acids is 1. The van der Waals surface area contributed by atoms with Crippen LogP contribution in [-0.4, -0.2) is 22.6 Å². The number of aromatic nitrogens is 2. The molecule has 0 spiro atoms. The molecule has 1 heterocycles. The summed E-state index contributed by atoms with van der Waals surface area (Å²) in [6, 6.07) is 16.0. The summed E-state index contributed by atoms with van der Waals surface area (Å²) in [7, 11) is 1.37. The van der Waals surface area contributed by atoms with Gasteiger partial charge in [-0.15, -0.1) is 0 Å². The Labute approximate surface area is 123 Å². The van der Waals surface area contributed by atoms with E-state index in [1.807, 2.05) is 28.8 Å². The number of fused-ring (bicyclic) bond motifs is 1. The molecule has 0 aliphatic carbocycles. The lowest BCUT2D eigenvalue weighted by Gasteiger charge is -2.08. The van der Waals surface area contributed by atoms with Crippen LogP contribution in [0.1, 0.15) is 21.7 Å². The smallest absolute Gasteiger partial charge is 0.374 e. The monoisotopic (exact) mass is 280 g/mol. The van der Waals surface area contributed by atoms with Crippen molar-refractivity contribution in [3.05, 3.63) is 65.5 Å². The predicted octanol–water partition coefficient (Wildman–Crippen LogP) is 3.18. The standard InChI is InChI=1S/C17H16N2O2/c1-12-7-9-13(10-8-12)11-19-15-6-4-3-5-14(15)18-16(19)17(20)21-2/h3-10H,11H2,1-2H3. The normalized spacial score (nSPS) is 10.8. The van der Waals surface area contributed by atoms with Gasteiger partial charge in [0.05, 0.1) is 18.1 Å². The minimum atomic E-state index is -0.418. The maximum absolute atomic E-state index is 11.9. The lowest BCUT2D eigenvalue weighted by molar-refractivity contribution is 0.0582.